The van der Waals surface area contributed by atoms with Gasteiger partial charge in [0.15, 0.2) is 9.84 Å². The second-order valence-electron chi connectivity index (χ2n) is 6.14. The molecule has 28 heavy (non-hydrogen) atoms. The van der Waals surface area contributed by atoms with E-state index in [4.69, 9.17) is 4.74 Å². The van der Waals surface area contributed by atoms with Gasteiger partial charge in [0.25, 0.3) is 11.5 Å². The summed E-state index contributed by atoms with van der Waals surface area (Å²) in [7, 11) is -2.04. The molecule has 3 rings (SSSR count). The normalized spacial score (nSPS) is 11.5. The lowest BCUT2D eigenvalue weighted by molar-refractivity contribution is 0.0959. The predicted octanol–water partition coefficient (Wildman–Crippen LogP) is 1.81. The highest BCUT2D eigenvalue weighted by Gasteiger charge is 2.20. The number of nitrogens with one attached hydrogen (secondary N) is 2. The molecule has 0 atom stereocenters. The maximum absolute atomic E-state index is 12.5. The first-order chi connectivity index (χ1) is 13.2. The monoisotopic (exact) mass is 421 g/mol. The van der Waals surface area contributed by atoms with Crippen molar-refractivity contribution in [2.75, 3.05) is 19.4 Å². The number of sulfone groups is 1. The van der Waals surface area contributed by atoms with Crippen molar-refractivity contribution >= 4 is 37.3 Å². The number of aryl methyl sites for hydroxylation is 2. The van der Waals surface area contributed by atoms with Crippen LogP contribution < -0.4 is 15.6 Å². The molecule has 0 saturated heterocycles. The van der Waals surface area contributed by atoms with Crippen molar-refractivity contribution in [3.63, 3.8) is 0 Å². The zero-order valence-corrected chi connectivity index (χ0v) is 17.2. The second-order valence-corrected chi connectivity index (χ2v) is 9.25. The number of fused-ring (bicyclic) bond motifs is 1. The van der Waals surface area contributed by atoms with Crippen LogP contribution in [0.4, 0.5) is 0 Å². The van der Waals surface area contributed by atoms with Crippen molar-refractivity contribution in [1.29, 1.82) is 0 Å². The lowest BCUT2D eigenvalue weighted by atomic mass is 10.2. The van der Waals surface area contributed by atoms with Crippen molar-refractivity contribution in [3.05, 3.63) is 50.9 Å². The Hall–Kier alpha value is -2.72. The number of nitrogens with zero attached hydrogens (tertiary/aromatic N) is 1. The summed E-state index contributed by atoms with van der Waals surface area (Å²) in [5, 5.41) is 2.99. The highest BCUT2D eigenvalue weighted by molar-refractivity contribution is 7.91. The van der Waals surface area contributed by atoms with E-state index in [9.17, 15) is 18.0 Å². The van der Waals surface area contributed by atoms with Crippen LogP contribution >= 0.6 is 11.3 Å². The molecule has 0 spiro atoms. The Labute approximate surface area is 165 Å². The third-order valence-corrected chi connectivity index (χ3v) is 7.12. The summed E-state index contributed by atoms with van der Waals surface area (Å²) in [6.45, 7) is 3.29. The number of methoxy groups -OCH3 is 1. The summed E-state index contributed by atoms with van der Waals surface area (Å²) >= 11 is 1.11. The van der Waals surface area contributed by atoms with Crippen LogP contribution in [-0.4, -0.2) is 43.7 Å². The van der Waals surface area contributed by atoms with E-state index in [-0.39, 0.29) is 22.8 Å². The predicted molar refractivity (Wildman–Crippen MR) is 107 cm³/mol. The number of benzene rings is 1. The lowest BCUT2D eigenvalue weighted by Crippen LogP contribution is -2.29. The number of ether oxygens (including phenoxy) is 1. The largest absolute Gasteiger partial charge is 0.497 e. The van der Waals surface area contributed by atoms with Crippen LogP contribution in [-0.2, 0) is 9.84 Å². The first-order valence-electron chi connectivity index (χ1n) is 8.38. The fraction of sp³-hybridized carbons (Fsp3) is 0.278. The van der Waals surface area contributed by atoms with Crippen LogP contribution in [0, 0.1) is 13.8 Å². The van der Waals surface area contributed by atoms with Gasteiger partial charge in [-0.1, -0.05) is 0 Å². The summed E-state index contributed by atoms with van der Waals surface area (Å²) in [5.74, 6) is 0.359. The van der Waals surface area contributed by atoms with Crippen LogP contribution in [0.3, 0.4) is 0 Å². The molecule has 10 heteroatoms. The Morgan fingerprint density at radius 2 is 1.93 bits per heavy atom. The van der Waals surface area contributed by atoms with Gasteiger partial charge in [0.1, 0.15) is 16.4 Å². The van der Waals surface area contributed by atoms with Crippen LogP contribution in [0.2, 0.25) is 0 Å². The van der Waals surface area contributed by atoms with Crippen LogP contribution in [0.25, 0.3) is 10.2 Å². The number of hydrogen-bond acceptors (Lipinski definition) is 7. The van der Waals surface area contributed by atoms with Crippen molar-refractivity contribution < 1.29 is 17.9 Å². The van der Waals surface area contributed by atoms with Gasteiger partial charge >= 0.3 is 0 Å². The maximum atomic E-state index is 12.5. The Balaban J connectivity index is 1.72. The quantitative estimate of drug-likeness (QED) is 0.627. The number of aromatic nitrogens is 2. The van der Waals surface area contributed by atoms with Crippen molar-refractivity contribution in [2.24, 2.45) is 0 Å². The van der Waals surface area contributed by atoms with E-state index in [1.54, 1.807) is 26.0 Å². The summed E-state index contributed by atoms with van der Waals surface area (Å²) in [5.41, 5.74) is 0.238. The van der Waals surface area contributed by atoms with Gasteiger partial charge < -0.3 is 15.0 Å². The van der Waals surface area contributed by atoms with E-state index in [0.717, 1.165) is 11.3 Å². The lowest BCUT2D eigenvalue weighted by Gasteiger charge is -2.07. The van der Waals surface area contributed by atoms with E-state index < -0.39 is 15.7 Å². The topological polar surface area (TPSA) is 118 Å². The van der Waals surface area contributed by atoms with Crippen molar-refractivity contribution in [2.45, 2.75) is 18.7 Å². The third-order valence-electron chi connectivity index (χ3n) is 4.20. The number of carbonyl (C=O) groups excluding carboxylic acids is 1. The summed E-state index contributed by atoms with van der Waals surface area (Å²) in [6.07, 6.45) is 0. The first kappa shape index (κ1) is 20.0. The molecule has 0 bridgehead atoms. The van der Waals surface area contributed by atoms with Gasteiger partial charge in [-0.05, 0) is 43.7 Å². The molecule has 0 unspecified atom stereocenters. The van der Waals surface area contributed by atoms with E-state index >= 15 is 0 Å². The number of thiophene rings is 1. The smallest absolute Gasteiger partial charge is 0.261 e. The molecule has 2 heterocycles. The summed E-state index contributed by atoms with van der Waals surface area (Å²) < 4.78 is 29.8. The molecule has 2 aromatic heterocycles. The molecule has 0 radical (unpaired) electrons. The fourth-order valence-corrected chi connectivity index (χ4v) is 5.05. The number of amides is 1. The highest BCUT2D eigenvalue weighted by Crippen LogP contribution is 2.26. The minimum atomic E-state index is -3.54. The van der Waals surface area contributed by atoms with Gasteiger partial charge in [0, 0.05) is 6.54 Å². The van der Waals surface area contributed by atoms with Gasteiger partial charge in [-0.3, -0.25) is 9.59 Å². The highest BCUT2D eigenvalue weighted by atomic mass is 32.2. The number of H-pyrrole nitrogens is 1. The van der Waals surface area contributed by atoms with E-state index in [2.05, 4.69) is 15.3 Å². The molecule has 0 aliphatic rings. The molecule has 0 fully saturated rings. The Morgan fingerprint density at radius 3 is 2.57 bits per heavy atom. The first-order valence-corrected chi connectivity index (χ1v) is 10.8. The van der Waals surface area contributed by atoms with Crippen LogP contribution in [0.15, 0.2) is 34.0 Å². The van der Waals surface area contributed by atoms with Gasteiger partial charge in [-0.15, -0.1) is 11.3 Å². The Bertz CT molecular complexity index is 1190. The van der Waals surface area contributed by atoms with Gasteiger partial charge in [-0.25, -0.2) is 13.4 Å². The SMILES string of the molecule is COc1ccc(S(=O)(=O)CCNC(=O)c2sc3nc(C)[nH]c(=O)c3c2C)cc1. The minimum Gasteiger partial charge on any atom is -0.497 e. The number of aromatic amines is 1. The third kappa shape index (κ3) is 3.92. The molecule has 0 saturated carbocycles. The molecule has 8 nitrogen and oxygen atoms in total. The molecule has 0 aliphatic carbocycles. The molecule has 0 aliphatic heterocycles. The summed E-state index contributed by atoms with van der Waals surface area (Å²) in [6, 6.07) is 6.07. The molecule has 3 aromatic rings. The van der Waals surface area contributed by atoms with Gasteiger partial charge in [0.05, 0.1) is 28.0 Å². The van der Waals surface area contributed by atoms with E-state index in [1.807, 2.05) is 0 Å². The van der Waals surface area contributed by atoms with Crippen molar-refractivity contribution in [3.8, 4) is 5.75 Å². The zero-order valence-electron chi connectivity index (χ0n) is 15.5. The number of carbonyl (C=O) groups is 1. The Kier molecular flexibility index (Phi) is 5.52. The number of hydrogen-bond donors (Lipinski definition) is 2. The molecule has 1 amide bonds. The molecule has 1 aromatic carbocycles. The fourth-order valence-electron chi connectivity index (χ4n) is 2.75. The van der Waals surface area contributed by atoms with Gasteiger partial charge in [0.2, 0.25) is 0 Å². The average molecular weight is 422 g/mol. The van der Waals surface area contributed by atoms with Crippen LogP contribution in [0.1, 0.15) is 21.1 Å². The summed E-state index contributed by atoms with van der Waals surface area (Å²) in [4.78, 5) is 32.4. The Morgan fingerprint density at radius 1 is 1.25 bits per heavy atom. The van der Waals surface area contributed by atoms with Crippen molar-refractivity contribution in [1.82, 2.24) is 15.3 Å². The van der Waals surface area contributed by atoms with E-state index in [0.29, 0.717) is 32.2 Å². The maximum Gasteiger partial charge on any atom is 0.261 e. The van der Waals surface area contributed by atoms with E-state index in [1.165, 1.54) is 19.2 Å². The second kappa shape index (κ2) is 7.72. The van der Waals surface area contributed by atoms with Crippen LogP contribution in [0.5, 0.6) is 5.75 Å². The average Bonchev–Trinajstić information content (AvgIpc) is 2.98. The molecular formula is C18H19N3O5S2. The molecule has 148 valence electrons. The van der Waals surface area contributed by atoms with Gasteiger partial charge in [-0.2, -0.15) is 0 Å². The molecular weight excluding hydrogens is 402 g/mol. The number of rotatable bonds is 6. The standard InChI is InChI=1S/C18H19N3O5S2/c1-10-14-16(22)20-11(2)21-18(14)27-15(10)17(23)19-8-9-28(24,25)13-6-4-12(26-3)5-7-13/h4-7H,8-9H2,1-3H3,(H,19,23)(H,20,21,22). The molecule has 2 N–H and O–H groups in total. The zero-order chi connectivity index (χ0) is 20.5. The minimum absolute atomic E-state index is 0.0519.